The van der Waals surface area contributed by atoms with E-state index in [9.17, 15) is 4.79 Å². The van der Waals surface area contributed by atoms with Crippen molar-refractivity contribution in [3.8, 4) is 17.2 Å². The Labute approximate surface area is 163 Å². The Morgan fingerprint density at radius 1 is 1.00 bits per heavy atom. The molecular formula is C19H21Cl2NO4. The maximum atomic E-state index is 13.0. The topological polar surface area (TPSA) is 48.0 Å². The van der Waals surface area contributed by atoms with Gasteiger partial charge in [0.25, 0.3) is 5.91 Å². The summed E-state index contributed by atoms with van der Waals surface area (Å²) in [4.78, 5) is 14.6. The highest BCUT2D eigenvalue weighted by atomic mass is 35.5. The molecule has 0 N–H and O–H groups in total. The number of benzene rings is 2. The van der Waals surface area contributed by atoms with Crippen LogP contribution in [0.4, 0.5) is 0 Å². The highest BCUT2D eigenvalue weighted by molar-refractivity contribution is 6.35. The second-order valence-electron chi connectivity index (χ2n) is 5.67. The summed E-state index contributed by atoms with van der Waals surface area (Å²) in [6, 6.07) is 8.21. The van der Waals surface area contributed by atoms with E-state index in [1.54, 1.807) is 36.2 Å². The SMILES string of the molecule is COc1cc(C(=O)N(C)C(C)c2ccc(Cl)cc2Cl)cc(OC)c1OC. The molecular weight excluding hydrogens is 377 g/mol. The number of hydrogen-bond donors (Lipinski definition) is 0. The molecule has 0 aliphatic rings. The van der Waals surface area contributed by atoms with E-state index in [0.717, 1.165) is 5.56 Å². The lowest BCUT2D eigenvalue weighted by molar-refractivity contribution is 0.0742. The number of amides is 1. The molecule has 0 aliphatic heterocycles. The van der Waals surface area contributed by atoms with Crippen LogP contribution in [0.3, 0.4) is 0 Å². The van der Waals surface area contributed by atoms with Crippen molar-refractivity contribution in [2.75, 3.05) is 28.4 Å². The van der Waals surface area contributed by atoms with E-state index in [-0.39, 0.29) is 11.9 Å². The fourth-order valence-corrected chi connectivity index (χ4v) is 3.20. The number of halogens is 2. The van der Waals surface area contributed by atoms with Crippen molar-refractivity contribution in [2.45, 2.75) is 13.0 Å². The summed E-state index contributed by atoms with van der Waals surface area (Å²) in [5, 5.41) is 1.05. The van der Waals surface area contributed by atoms with Gasteiger partial charge in [0.1, 0.15) is 0 Å². The maximum absolute atomic E-state index is 13.0. The highest BCUT2D eigenvalue weighted by Crippen LogP contribution is 2.39. The van der Waals surface area contributed by atoms with Crippen LogP contribution in [0.1, 0.15) is 28.9 Å². The zero-order chi connectivity index (χ0) is 19.4. The Kier molecular flexibility index (Phi) is 6.62. The van der Waals surface area contributed by atoms with Gasteiger partial charge in [-0.3, -0.25) is 4.79 Å². The van der Waals surface area contributed by atoms with Crippen molar-refractivity contribution in [3.05, 3.63) is 51.5 Å². The predicted molar refractivity (Wildman–Crippen MR) is 103 cm³/mol. The minimum Gasteiger partial charge on any atom is -0.493 e. The third-order valence-corrected chi connectivity index (χ3v) is 4.79. The fourth-order valence-electron chi connectivity index (χ4n) is 2.63. The third kappa shape index (κ3) is 4.00. The molecule has 0 saturated carbocycles. The highest BCUT2D eigenvalue weighted by Gasteiger charge is 2.24. The van der Waals surface area contributed by atoms with Gasteiger partial charge in [0.2, 0.25) is 5.75 Å². The summed E-state index contributed by atoms with van der Waals surface area (Å²) in [6.45, 7) is 1.89. The average molecular weight is 398 g/mol. The van der Waals surface area contributed by atoms with E-state index in [4.69, 9.17) is 37.4 Å². The van der Waals surface area contributed by atoms with E-state index in [2.05, 4.69) is 0 Å². The van der Waals surface area contributed by atoms with Crippen molar-refractivity contribution in [1.29, 1.82) is 0 Å². The van der Waals surface area contributed by atoms with Gasteiger partial charge in [-0.2, -0.15) is 0 Å². The van der Waals surface area contributed by atoms with Gasteiger partial charge in [0, 0.05) is 22.7 Å². The summed E-state index contributed by atoms with van der Waals surface area (Å²) in [5.74, 6) is 1.06. The molecule has 0 spiro atoms. The smallest absolute Gasteiger partial charge is 0.254 e. The number of rotatable bonds is 6. The Morgan fingerprint density at radius 2 is 1.58 bits per heavy atom. The zero-order valence-corrected chi connectivity index (χ0v) is 16.8. The second-order valence-corrected chi connectivity index (χ2v) is 6.52. The number of methoxy groups -OCH3 is 3. The van der Waals surface area contributed by atoms with Crippen LogP contribution in [-0.4, -0.2) is 39.2 Å². The Bertz CT molecular complexity index is 785. The summed E-state index contributed by atoms with van der Waals surface area (Å²) in [5.41, 5.74) is 1.22. The monoisotopic (exact) mass is 397 g/mol. The molecule has 0 heterocycles. The number of nitrogens with zero attached hydrogens (tertiary/aromatic N) is 1. The van der Waals surface area contributed by atoms with E-state index in [1.165, 1.54) is 21.3 Å². The third-order valence-electron chi connectivity index (χ3n) is 4.23. The van der Waals surface area contributed by atoms with Gasteiger partial charge in [-0.25, -0.2) is 0 Å². The quantitative estimate of drug-likeness (QED) is 0.698. The first-order valence-electron chi connectivity index (χ1n) is 7.86. The second kappa shape index (κ2) is 8.52. The van der Waals surface area contributed by atoms with Crippen molar-refractivity contribution in [2.24, 2.45) is 0 Å². The summed E-state index contributed by atoms with van der Waals surface area (Å²) in [7, 11) is 6.23. The van der Waals surface area contributed by atoms with E-state index < -0.39 is 0 Å². The summed E-state index contributed by atoms with van der Waals surface area (Å²) >= 11 is 12.2. The molecule has 0 radical (unpaired) electrons. The number of carbonyl (C=O) groups is 1. The summed E-state index contributed by atoms with van der Waals surface area (Å²) < 4.78 is 15.9. The molecule has 26 heavy (non-hydrogen) atoms. The predicted octanol–water partition coefficient (Wildman–Crippen LogP) is 4.85. The van der Waals surface area contributed by atoms with Crippen molar-refractivity contribution in [3.63, 3.8) is 0 Å². The lowest BCUT2D eigenvalue weighted by Crippen LogP contribution is -2.30. The van der Waals surface area contributed by atoms with Gasteiger partial charge in [-0.15, -0.1) is 0 Å². The molecule has 0 saturated heterocycles. The molecule has 2 aromatic carbocycles. The molecule has 0 aliphatic carbocycles. The molecule has 140 valence electrons. The molecule has 7 heteroatoms. The molecule has 0 fully saturated rings. The summed E-state index contributed by atoms with van der Waals surface area (Å²) in [6.07, 6.45) is 0. The number of ether oxygens (including phenoxy) is 3. The first kappa shape index (κ1) is 20.2. The van der Waals surface area contributed by atoms with Crippen molar-refractivity contribution in [1.82, 2.24) is 4.90 Å². The molecule has 2 aromatic rings. The Balaban J connectivity index is 2.38. The van der Waals surface area contributed by atoms with Gasteiger partial charge in [0.05, 0.1) is 27.4 Å². The fraction of sp³-hybridized carbons (Fsp3) is 0.316. The molecule has 0 aromatic heterocycles. The van der Waals surface area contributed by atoms with E-state index in [1.807, 2.05) is 13.0 Å². The van der Waals surface area contributed by atoms with Gasteiger partial charge in [-0.05, 0) is 36.8 Å². The molecule has 1 amide bonds. The average Bonchev–Trinajstić information content (AvgIpc) is 2.64. The first-order chi connectivity index (χ1) is 12.3. The van der Waals surface area contributed by atoms with E-state index >= 15 is 0 Å². The van der Waals surface area contributed by atoms with Crippen LogP contribution in [-0.2, 0) is 0 Å². The lowest BCUT2D eigenvalue weighted by Gasteiger charge is -2.26. The Morgan fingerprint density at radius 3 is 2.04 bits per heavy atom. The van der Waals surface area contributed by atoms with Crippen LogP contribution in [0.2, 0.25) is 10.0 Å². The Hall–Kier alpha value is -2.11. The maximum Gasteiger partial charge on any atom is 0.254 e. The minimum absolute atomic E-state index is 0.206. The van der Waals surface area contributed by atoms with Crippen LogP contribution in [0.15, 0.2) is 30.3 Å². The van der Waals surface area contributed by atoms with Gasteiger partial charge in [-0.1, -0.05) is 29.3 Å². The molecule has 2 rings (SSSR count). The first-order valence-corrected chi connectivity index (χ1v) is 8.61. The van der Waals surface area contributed by atoms with Crippen molar-refractivity contribution < 1.29 is 19.0 Å². The van der Waals surface area contributed by atoms with Crippen molar-refractivity contribution >= 4 is 29.1 Å². The van der Waals surface area contributed by atoms with Crippen LogP contribution in [0.25, 0.3) is 0 Å². The van der Waals surface area contributed by atoms with Crippen LogP contribution in [0, 0.1) is 0 Å². The molecule has 5 nitrogen and oxygen atoms in total. The van der Waals surface area contributed by atoms with E-state index in [0.29, 0.717) is 32.9 Å². The van der Waals surface area contributed by atoms with Crippen LogP contribution < -0.4 is 14.2 Å². The molecule has 1 atom stereocenters. The number of hydrogen-bond acceptors (Lipinski definition) is 4. The largest absolute Gasteiger partial charge is 0.493 e. The molecule has 0 bridgehead atoms. The van der Waals surface area contributed by atoms with Gasteiger partial charge in [0.15, 0.2) is 11.5 Å². The lowest BCUT2D eigenvalue weighted by atomic mass is 10.1. The van der Waals surface area contributed by atoms with Crippen LogP contribution in [0.5, 0.6) is 17.2 Å². The molecule has 1 unspecified atom stereocenters. The van der Waals surface area contributed by atoms with Crippen LogP contribution >= 0.6 is 23.2 Å². The standard InChI is InChI=1S/C19H21Cl2NO4/c1-11(14-7-6-13(20)10-15(14)21)22(2)19(23)12-8-16(24-3)18(26-5)17(9-12)25-4/h6-11H,1-5H3. The van der Waals surface area contributed by atoms with Gasteiger partial charge < -0.3 is 19.1 Å². The van der Waals surface area contributed by atoms with Gasteiger partial charge >= 0.3 is 0 Å². The minimum atomic E-state index is -0.258. The number of carbonyl (C=O) groups excluding carboxylic acids is 1. The zero-order valence-electron chi connectivity index (χ0n) is 15.3. The normalized spacial score (nSPS) is 11.7.